The molecule has 0 aromatic heterocycles. The zero-order chi connectivity index (χ0) is 14.5. The third-order valence-electron chi connectivity index (χ3n) is 3.03. The van der Waals surface area contributed by atoms with Crippen molar-refractivity contribution in [2.45, 2.75) is 60.9 Å². The summed E-state index contributed by atoms with van der Waals surface area (Å²) in [7, 11) is 0. The molecule has 0 spiro atoms. The maximum absolute atomic E-state index is 12.3. The van der Waals surface area contributed by atoms with E-state index in [1.54, 1.807) is 0 Å². The van der Waals surface area contributed by atoms with Crippen molar-refractivity contribution in [3.8, 4) is 0 Å². The lowest BCUT2D eigenvalue weighted by molar-refractivity contribution is -0.133. The first-order valence-electron chi connectivity index (χ1n) is 7.07. The molecule has 0 saturated carbocycles. The van der Waals surface area contributed by atoms with Crippen molar-refractivity contribution in [2.24, 2.45) is 23.0 Å². The molecule has 0 bridgehead atoms. The van der Waals surface area contributed by atoms with Crippen LogP contribution in [0.3, 0.4) is 0 Å². The van der Waals surface area contributed by atoms with Crippen LogP contribution in [-0.2, 0) is 4.79 Å². The highest BCUT2D eigenvalue weighted by Crippen LogP contribution is 2.20. The molecule has 0 aliphatic carbocycles. The van der Waals surface area contributed by atoms with E-state index in [1.165, 1.54) is 0 Å². The van der Waals surface area contributed by atoms with Gasteiger partial charge in [0, 0.05) is 25.6 Å². The second kappa shape index (κ2) is 7.13. The van der Waals surface area contributed by atoms with Crippen LogP contribution in [0.5, 0.6) is 0 Å². The molecule has 3 heteroatoms. The standard InChI is InChI=1S/C15H32N2O/c1-11(2)9-17(10-12(3)4)14(18)8-13(16)15(5,6)7/h11-13H,8-10,16H2,1-7H3. The highest BCUT2D eigenvalue weighted by molar-refractivity contribution is 5.77. The summed E-state index contributed by atoms with van der Waals surface area (Å²) in [5.74, 6) is 1.19. The Labute approximate surface area is 113 Å². The quantitative estimate of drug-likeness (QED) is 0.794. The Morgan fingerprint density at radius 3 is 1.72 bits per heavy atom. The van der Waals surface area contributed by atoms with E-state index < -0.39 is 0 Å². The van der Waals surface area contributed by atoms with Crippen LogP contribution in [-0.4, -0.2) is 29.9 Å². The van der Waals surface area contributed by atoms with E-state index >= 15 is 0 Å². The van der Waals surface area contributed by atoms with Crippen LogP contribution in [0.25, 0.3) is 0 Å². The van der Waals surface area contributed by atoms with Crippen LogP contribution >= 0.6 is 0 Å². The van der Waals surface area contributed by atoms with Gasteiger partial charge in [0.1, 0.15) is 0 Å². The maximum Gasteiger partial charge on any atom is 0.224 e. The number of carbonyl (C=O) groups is 1. The Kier molecular flexibility index (Phi) is 6.90. The fourth-order valence-electron chi connectivity index (χ4n) is 1.78. The van der Waals surface area contributed by atoms with Gasteiger partial charge >= 0.3 is 0 Å². The van der Waals surface area contributed by atoms with Crippen molar-refractivity contribution >= 4 is 5.91 Å². The van der Waals surface area contributed by atoms with E-state index in [4.69, 9.17) is 5.73 Å². The molecule has 0 aromatic carbocycles. The molecule has 0 aromatic rings. The number of nitrogens with zero attached hydrogens (tertiary/aromatic N) is 1. The zero-order valence-corrected chi connectivity index (χ0v) is 13.3. The number of amides is 1. The van der Waals surface area contributed by atoms with Gasteiger partial charge in [-0.25, -0.2) is 0 Å². The highest BCUT2D eigenvalue weighted by Gasteiger charge is 2.26. The predicted molar refractivity (Wildman–Crippen MR) is 78.3 cm³/mol. The zero-order valence-electron chi connectivity index (χ0n) is 13.3. The molecule has 0 rings (SSSR count). The van der Waals surface area contributed by atoms with Crippen molar-refractivity contribution in [3.05, 3.63) is 0 Å². The molecule has 18 heavy (non-hydrogen) atoms. The molecule has 1 atom stereocenters. The summed E-state index contributed by atoms with van der Waals surface area (Å²) in [6.45, 7) is 16.5. The van der Waals surface area contributed by atoms with E-state index in [0.29, 0.717) is 18.3 Å². The van der Waals surface area contributed by atoms with Gasteiger partial charge in [-0.2, -0.15) is 0 Å². The number of hydrogen-bond acceptors (Lipinski definition) is 2. The molecule has 0 radical (unpaired) electrons. The topological polar surface area (TPSA) is 46.3 Å². The summed E-state index contributed by atoms with van der Waals surface area (Å²) >= 11 is 0. The summed E-state index contributed by atoms with van der Waals surface area (Å²) in [6, 6.07) is -0.0770. The van der Waals surface area contributed by atoms with Gasteiger partial charge in [0.15, 0.2) is 0 Å². The average molecular weight is 256 g/mol. The third kappa shape index (κ3) is 7.00. The van der Waals surface area contributed by atoms with Gasteiger partial charge in [0.05, 0.1) is 0 Å². The van der Waals surface area contributed by atoms with Crippen LogP contribution in [0.4, 0.5) is 0 Å². The van der Waals surface area contributed by atoms with E-state index in [2.05, 4.69) is 48.5 Å². The Balaban J connectivity index is 4.55. The van der Waals surface area contributed by atoms with Gasteiger partial charge in [-0.1, -0.05) is 48.5 Å². The van der Waals surface area contributed by atoms with Crippen LogP contribution in [0.1, 0.15) is 54.9 Å². The summed E-state index contributed by atoms with van der Waals surface area (Å²) in [4.78, 5) is 14.3. The molecule has 0 heterocycles. The van der Waals surface area contributed by atoms with Gasteiger partial charge < -0.3 is 10.6 Å². The molecular formula is C15H32N2O. The van der Waals surface area contributed by atoms with Crippen molar-refractivity contribution in [1.29, 1.82) is 0 Å². The van der Waals surface area contributed by atoms with Crippen molar-refractivity contribution in [1.82, 2.24) is 4.90 Å². The first-order chi connectivity index (χ1) is 8.04. The lowest BCUT2D eigenvalue weighted by Crippen LogP contribution is -2.43. The summed E-state index contributed by atoms with van der Waals surface area (Å²) < 4.78 is 0. The molecule has 3 nitrogen and oxygen atoms in total. The lowest BCUT2D eigenvalue weighted by atomic mass is 9.85. The van der Waals surface area contributed by atoms with E-state index in [0.717, 1.165) is 13.1 Å². The second-order valence-corrected chi connectivity index (χ2v) is 7.26. The molecule has 1 unspecified atom stereocenters. The van der Waals surface area contributed by atoms with Gasteiger partial charge in [-0.05, 0) is 17.3 Å². The molecule has 0 fully saturated rings. The highest BCUT2D eigenvalue weighted by atomic mass is 16.2. The smallest absolute Gasteiger partial charge is 0.224 e. The van der Waals surface area contributed by atoms with Gasteiger partial charge in [0.2, 0.25) is 5.91 Å². The molecule has 0 aliphatic rings. The van der Waals surface area contributed by atoms with E-state index in [-0.39, 0.29) is 17.4 Å². The number of nitrogens with two attached hydrogens (primary N) is 1. The van der Waals surface area contributed by atoms with Gasteiger partial charge in [0.25, 0.3) is 0 Å². The average Bonchev–Trinajstić information content (AvgIpc) is 2.13. The van der Waals surface area contributed by atoms with Crippen LogP contribution < -0.4 is 5.73 Å². The van der Waals surface area contributed by atoms with Crippen LogP contribution in [0.15, 0.2) is 0 Å². The Bertz CT molecular complexity index is 244. The first-order valence-corrected chi connectivity index (χ1v) is 7.07. The van der Waals surface area contributed by atoms with Crippen molar-refractivity contribution < 1.29 is 4.79 Å². The largest absolute Gasteiger partial charge is 0.342 e. The van der Waals surface area contributed by atoms with E-state index in [9.17, 15) is 4.79 Å². The van der Waals surface area contributed by atoms with Crippen molar-refractivity contribution in [3.63, 3.8) is 0 Å². The summed E-state index contributed by atoms with van der Waals surface area (Å²) in [5.41, 5.74) is 6.09. The summed E-state index contributed by atoms with van der Waals surface area (Å²) in [5, 5.41) is 0. The van der Waals surface area contributed by atoms with Crippen LogP contribution in [0.2, 0.25) is 0 Å². The summed E-state index contributed by atoms with van der Waals surface area (Å²) in [6.07, 6.45) is 0.447. The first kappa shape index (κ1) is 17.4. The second-order valence-electron chi connectivity index (χ2n) is 7.26. The number of hydrogen-bond donors (Lipinski definition) is 1. The Morgan fingerprint density at radius 2 is 1.44 bits per heavy atom. The minimum absolute atomic E-state index is 0.0169. The minimum Gasteiger partial charge on any atom is -0.342 e. The Hall–Kier alpha value is -0.570. The van der Waals surface area contributed by atoms with Gasteiger partial charge in [-0.15, -0.1) is 0 Å². The van der Waals surface area contributed by atoms with Crippen LogP contribution in [0, 0.1) is 17.3 Å². The molecule has 2 N–H and O–H groups in total. The number of carbonyl (C=O) groups excluding carboxylic acids is 1. The van der Waals surface area contributed by atoms with E-state index in [1.807, 2.05) is 4.90 Å². The Morgan fingerprint density at radius 1 is 1.06 bits per heavy atom. The molecular weight excluding hydrogens is 224 g/mol. The normalized spacial score (nSPS) is 14.1. The monoisotopic (exact) mass is 256 g/mol. The molecule has 0 aliphatic heterocycles. The molecule has 0 saturated heterocycles. The minimum atomic E-state index is -0.0770. The molecule has 1 amide bonds. The van der Waals surface area contributed by atoms with Crippen molar-refractivity contribution in [2.75, 3.05) is 13.1 Å². The SMILES string of the molecule is CC(C)CN(CC(C)C)C(=O)CC(N)C(C)(C)C. The lowest BCUT2D eigenvalue weighted by Gasteiger charge is -2.31. The predicted octanol–water partition coefficient (Wildman–Crippen LogP) is 2.89. The molecule has 108 valence electrons. The fraction of sp³-hybridized carbons (Fsp3) is 0.933. The fourth-order valence-corrected chi connectivity index (χ4v) is 1.78. The third-order valence-corrected chi connectivity index (χ3v) is 3.03. The van der Waals surface area contributed by atoms with Gasteiger partial charge in [-0.3, -0.25) is 4.79 Å². The maximum atomic E-state index is 12.3. The number of rotatable bonds is 6.